The van der Waals surface area contributed by atoms with Crippen molar-refractivity contribution in [2.75, 3.05) is 15.4 Å². The maximum atomic E-state index is 13.2. The van der Waals surface area contributed by atoms with Crippen molar-refractivity contribution >= 4 is 50.4 Å². The van der Waals surface area contributed by atoms with Crippen molar-refractivity contribution in [3.63, 3.8) is 0 Å². The van der Waals surface area contributed by atoms with Crippen LogP contribution in [0.4, 0.5) is 22.1 Å². The molecule has 11 heteroatoms. The molecule has 0 bridgehead atoms. The van der Waals surface area contributed by atoms with Crippen LogP contribution in [-0.4, -0.2) is 35.6 Å². The topological polar surface area (TPSA) is 131 Å². The molecule has 3 aromatic carbocycles. The summed E-state index contributed by atoms with van der Waals surface area (Å²) in [4.78, 5) is 30.0. The molecule has 0 radical (unpaired) electrons. The number of anilines is 3. The number of fused-ring (bicyclic) bond motifs is 1. The summed E-state index contributed by atoms with van der Waals surface area (Å²) < 4.78 is 35.1. The van der Waals surface area contributed by atoms with Crippen LogP contribution in [0.1, 0.15) is 44.5 Å². The van der Waals surface area contributed by atoms with Gasteiger partial charge in [0.25, 0.3) is 15.9 Å². The van der Waals surface area contributed by atoms with E-state index in [1.807, 2.05) is 17.6 Å². The van der Waals surface area contributed by atoms with Crippen molar-refractivity contribution in [2.24, 2.45) is 0 Å². The molecule has 0 unspecified atom stereocenters. The Kier molecular flexibility index (Phi) is 7.91. The van der Waals surface area contributed by atoms with Crippen molar-refractivity contribution in [3.8, 4) is 0 Å². The molecule has 4 rings (SSSR count). The van der Waals surface area contributed by atoms with E-state index in [1.165, 1.54) is 18.2 Å². The van der Waals surface area contributed by atoms with Crippen LogP contribution in [0.15, 0.2) is 77.7 Å². The molecule has 1 heterocycles. The lowest BCUT2D eigenvalue weighted by Crippen LogP contribution is -2.27. The Bertz CT molecular complexity index is 1610. The van der Waals surface area contributed by atoms with Gasteiger partial charge in [0.15, 0.2) is 0 Å². The molecule has 204 valence electrons. The third-order valence-electron chi connectivity index (χ3n) is 5.50. The first-order valence-electron chi connectivity index (χ1n) is 12.4. The van der Waals surface area contributed by atoms with Gasteiger partial charge < -0.3 is 9.30 Å². The summed E-state index contributed by atoms with van der Waals surface area (Å²) in [5.41, 5.74) is 1.75. The highest BCUT2D eigenvalue weighted by molar-refractivity contribution is 7.92. The van der Waals surface area contributed by atoms with E-state index < -0.39 is 27.6 Å². The molecule has 0 aliphatic carbocycles. The van der Waals surface area contributed by atoms with Crippen molar-refractivity contribution < 1.29 is 22.7 Å². The monoisotopic (exact) mass is 549 g/mol. The Labute approximate surface area is 227 Å². The molecular weight excluding hydrogens is 518 g/mol. The molecule has 0 atom stereocenters. The lowest BCUT2D eigenvalue weighted by molar-refractivity contribution is 0.0635. The predicted octanol–water partition coefficient (Wildman–Crippen LogP) is 5.85. The van der Waals surface area contributed by atoms with Gasteiger partial charge in [-0.3, -0.25) is 20.2 Å². The van der Waals surface area contributed by atoms with E-state index in [0.29, 0.717) is 23.7 Å². The first-order valence-corrected chi connectivity index (χ1v) is 13.9. The van der Waals surface area contributed by atoms with Crippen LogP contribution in [0.2, 0.25) is 0 Å². The summed E-state index contributed by atoms with van der Waals surface area (Å²) in [6.07, 6.45) is 0.217. The van der Waals surface area contributed by atoms with E-state index in [4.69, 9.17) is 4.74 Å². The normalized spacial score (nSPS) is 11.7. The van der Waals surface area contributed by atoms with Crippen LogP contribution in [0.3, 0.4) is 0 Å². The SMILES string of the molecule is CCCn1c(NC(=O)c2cccc(NS(=O)(=O)c3ccccc3)c2)nc2cc(NC(=O)OC(C)(C)C)ccc21. The Balaban J connectivity index is 1.56. The number of ether oxygens (including phenoxy) is 1. The minimum Gasteiger partial charge on any atom is -0.444 e. The van der Waals surface area contributed by atoms with E-state index in [2.05, 4.69) is 20.3 Å². The molecule has 3 N–H and O–H groups in total. The number of carbonyl (C=O) groups is 2. The van der Waals surface area contributed by atoms with Gasteiger partial charge in [0.05, 0.1) is 15.9 Å². The zero-order chi connectivity index (χ0) is 28.2. The average molecular weight is 550 g/mol. The smallest absolute Gasteiger partial charge is 0.412 e. The van der Waals surface area contributed by atoms with Crippen molar-refractivity contribution in [3.05, 3.63) is 78.4 Å². The number of rotatable bonds is 8. The fourth-order valence-electron chi connectivity index (χ4n) is 3.89. The Morgan fingerprint density at radius 2 is 1.67 bits per heavy atom. The zero-order valence-electron chi connectivity index (χ0n) is 22.2. The number of hydrogen-bond acceptors (Lipinski definition) is 6. The molecule has 0 saturated heterocycles. The third kappa shape index (κ3) is 6.94. The summed E-state index contributed by atoms with van der Waals surface area (Å²) >= 11 is 0. The number of aryl methyl sites for hydroxylation is 1. The Morgan fingerprint density at radius 1 is 0.923 bits per heavy atom. The highest BCUT2D eigenvalue weighted by Crippen LogP contribution is 2.25. The maximum absolute atomic E-state index is 13.2. The second-order valence-electron chi connectivity index (χ2n) is 9.87. The first kappa shape index (κ1) is 27.6. The fourth-order valence-corrected chi connectivity index (χ4v) is 4.96. The number of hydrogen-bond donors (Lipinski definition) is 3. The fraction of sp³-hybridized carbons (Fsp3) is 0.250. The van der Waals surface area contributed by atoms with E-state index >= 15 is 0 Å². The van der Waals surface area contributed by atoms with Gasteiger partial charge in [-0.1, -0.05) is 31.2 Å². The molecule has 0 aliphatic heterocycles. The number of carbonyl (C=O) groups excluding carboxylic acids is 2. The highest BCUT2D eigenvalue weighted by Gasteiger charge is 2.19. The van der Waals surface area contributed by atoms with E-state index in [9.17, 15) is 18.0 Å². The lowest BCUT2D eigenvalue weighted by Gasteiger charge is -2.19. The Morgan fingerprint density at radius 3 is 2.36 bits per heavy atom. The number of aromatic nitrogens is 2. The Hall–Kier alpha value is -4.38. The van der Waals surface area contributed by atoms with Crippen LogP contribution in [0.5, 0.6) is 0 Å². The summed E-state index contributed by atoms with van der Waals surface area (Å²) in [5, 5.41) is 5.54. The standard InChI is InChI=1S/C28H31N5O5S/c1-5-16-33-24-15-14-20(29-27(35)38-28(2,3)4)18-23(24)30-26(33)31-25(34)19-10-9-11-21(17-19)32-39(36,37)22-12-7-6-8-13-22/h6-15,17-18,32H,5,16H2,1-4H3,(H,29,35)(H,30,31,34). The van der Waals surface area contributed by atoms with E-state index in [1.54, 1.807) is 69.3 Å². The van der Waals surface area contributed by atoms with Crippen molar-refractivity contribution in [1.29, 1.82) is 0 Å². The van der Waals surface area contributed by atoms with Crippen LogP contribution < -0.4 is 15.4 Å². The largest absolute Gasteiger partial charge is 0.444 e. The number of sulfonamides is 1. The van der Waals surface area contributed by atoms with Gasteiger partial charge >= 0.3 is 6.09 Å². The highest BCUT2D eigenvalue weighted by atomic mass is 32.2. The number of benzene rings is 3. The molecular formula is C28H31N5O5S. The molecule has 0 spiro atoms. The van der Waals surface area contributed by atoms with Crippen molar-refractivity contribution in [1.82, 2.24) is 9.55 Å². The minimum atomic E-state index is -3.81. The molecule has 2 amide bonds. The van der Waals surface area contributed by atoms with Gasteiger partial charge in [0.2, 0.25) is 5.95 Å². The second kappa shape index (κ2) is 11.2. The summed E-state index contributed by atoms with van der Waals surface area (Å²) in [5.74, 6) is -0.114. The molecule has 0 fully saturated rings. The van der Waals surface area contributed by atoms with Crippen LogP contribution >= 0.6 is 0 Å². The number of nitrogens with one attached hydrogen (secondary N) is 3. The molecule has 10 nitrogen and oxygen atoms in total. The van der Waals surface area contributed by atoms with Gasteiger partial charge in [-0.05, 0) is 75.7 Å². The number of amides is 2. The zero-order valence-corrected chi connectivity index (χ0v) is 23.0. The summed E-state index contributed by atoms with van der Waals surface area (Å²) in [7, 11) is -3.81. The van der Waals surface area contributed by atoms with Gasteiger partial charge in [0, 0.05) is 23.5 Å². The quantitative estimate of drug-likeness (QED) is 0.253. The lowest BCUT2D eigenvalue weighted by atomic mass is 10.2. The van der Waals surface area contributed by atoms with E-state index in [-0.39, 0.29) is 16.1 Å². The number of nitrogens with zero attached hydrogens (tertiary/aromatic N) is 2. The van der Waals surface area contributed by atoms with Gasteiger partial charge in [-0.15, -0.1) is 0 Å². The van der Waals surface area contributed by atoms with Crippen LogP contribution in [0, 0.1) is 0 Å². The molecule has 0 saturated carbocycles. The number of imidazole rings is 1. The first-order chi connectivity index (χ1) is 18.4. The molecule has 4 aromatic rings. The van der Waals surface area contributed by atoms with Crippen LogP contribution in [-0.2, 0) is 21.3 Å². The molecule has 1 aromatic heterocycles. The van der Waals surface area contributed by atoms with Gasteiger partial charge in [0.1, 0.15) is 5.60 Å². The van der Waals surface area contributed by atoms with Crippen molar-refractivity contribution in [2.45, 2.75) is 51.2 Å². The van der Waals surface area contributed by atoms with Gasteiger partial charge in [-0.2, -0.15) is 0 Å². The average Bonchev–Trinajstić information content (AvgIpc) is 3.19. The summed E-state index contributed by atoms with van der Waals surface area (Å²) in [6, 6.07) is 19.5. The summed E-state index contributed by atoms with van der Waals surface area (Å²) in [6.45, 7) is 7.96. The van der Waals surface area contributed by atoms with Crippen LogP contribution in [0.25, 0.3) is 11.0 Å². The van der Waals surface area contributed by atoms with Gasteiger partial charge in [-0.25, -0.2) is 18.2 Å². The third-order valence-corrected chi connectivity index (χ3v) is 6.89. The maximum Gasteiger partial charge on any atom is 0.412 e. The molecule has 39 heavy (non-hydrogen) atoms. The van der Waals surface area contributed by atoms with E-state index in [0.717, 1.165) is 11.9 Å². The minimum absolute atomic E-state index is 0.119. The molecule has 0 aliphatic rings. The predicted molar refractivity (Wildman–Crippen MR) is 152 cm³/mol. The second-order valence-corrected chi connectivity index (χ2v) is 11.6.